The van der Waals surface area contributed by atoms with Crippen LogP contribution in [0.5, 0.6) is 0 Å². The molecule has 0 aromatic carbocycles. The van der Waals surface area contributed by atoms with Crippen molar-refractivity contribution >= 4 is 0 Å². The summed E-state index contributed by atoms with van der Waals surface area (Å²) in [5.41, 5.74) is 1.94. The summed E-state index contributed by atoms with van der Waals surface area (Å²) in [5, 5.41) is 0. The highest BCUT2D eigenvalue weighted by Gasteiger charge is 2.53. The van der Waals surface area contributed by atoms with Gasteiger partial charge in [0.2, 0.25) is 0 Å². The molecule has 0 aromatic rings. The van der Waals surface area contributed by atoms with Crippen LogP contribution in [-0.2, 0) is 9.47 Å². The molecule has 0 spiro atoms. The molecule has 130 valence electrons. The van der Waals surface area contributed by atoms with Crippen LogP contribution in [0, 0.1) is 23.2 Å². The van der Waals surface area contributed by atoms with Crippen molar-refractivity contribution in [2.75, 3.05) is 33.0 Å². The highest BCUT2D eigenvalue weighted by atomic mass is 16.7. The van der Waals surface area contributed by atoms with Gasteiger partial charge in [-0.15, -0.1) is 0 Å². The van der Waals surface area contributed by atoms with Crippen LogP contribution < -0.4 is 0 Å². The maximum Gasteiger partial charge on any atom is 0.147 e. The van der Waals surface area contributed by atoms with Crippen LogP contribution in [-0.4, -0.2) is 44.0 Å². The molecule has 2 heterocycles. The molecule has 2 saturated carbocycles. The number of hydrogen-bond donors (Lipinski definition) is 0. The summed E-state index contributed by atoms with van der Waals surface area (Å²) >= 11 is 0. The van der Waals surface area contributed by atoms with E-state index in [1.54, 1.807) is 0 Å². The maximum absolute atomic E-state index is 5.93. The Hall–Kier alpha value is -0.380. The molecule has 3 heteroatoms. The van der Waals surface area contributed by atoms with Gasteiger partial charge in [0.05, 0.1) is 12.7 Å². The fourth-order valence-corrected chi connectivity index (χ4v) is 6.16. The Kier molecular flexibility index (Phi) is 4.55. The third-order valence-corrected chi connectivity index (χ3v) is 7.48. The van der Waals surface area contributed by atoms with Crippen LogP contribution in [0.25, 0.3) is 0 Å². The minimum Gasteiger partial charge on any atom is -0.355 e. The van der Waals surface area contributed by atoms with Crippen LogP contribution in [0.15, 0.2) is 12.2 Å². The van der Waals surface area contributed by atoms with E-state index in [2.05, 4.69) is 18.4 Å². The van der Waals surface area contributed by atoms with E-state index >= 15 is 0 Å². The first-order chi connectivity index (χ1) is 11.2. The van der Waals surface area contributed by atoms with Crippen molar-refractivity contribution < 1.29 is 9.47 Å². The highest BCUT2D eigenvalue weighted by molar-refractivity contribution is 5.15. The van der Waals surface area contributed by atoms with Gasteiger partial charge in [0.15, 0.2) is 0 Å². The second kappa shape index (κ2) is 6.50. The molecular formula is C20H33NO2. The van der Waals surface area contributed by atoms with E-state index in [0.29, 0.717) is 30.1 Å². The molecule has 4 aliphatic rings. The first-order valence-corrected chi connectivity index (χ1v) is 9.78. The molecule has 0 radical (unpaired) electrons. The summed E-state index contributed by atoms with van der Waals surface area (Å²) in [6, 6.07) is 0. The number of likely N-dealkylation sites (tertiary alicyclic amines) is 1. The molecule has 2 aliphatic carbocycles. The van der Waals surface area contributed by atoms with Gasteiger partial charge >= 0.3 is 0 Å². The summed E-state index contributed by atoms with van der Waals surface area (Å²) in [7, 11) is 0. The molecule has 0 bridgehead atoms. The van der Waals surface area contributed by atoms with Crippen molar-refractivity contribution in [1.29, 1.82) is 0 Å². The second-order valence-corrected chi connectivity index (χ2v) is 8.60. The smallest absolute Gasteiger partial charge is 0.147 e. The number of allylic oxidation sites excluding steroid dienone is 1. The van der Waals surface area contributed by atoms with Gasteiger partial charge in [-0.1, -0.05) is 19.1 Å². The third kappa shape index (κ3) is 2.89. The average Bonchev–Trinajstić information content (AvgIpc) is 3.07. The van der Waals surface area contributed by atoms with E-state index < -0.39 is 0 Å². The summed E-state index contributed by atoms with van der Waals surface area (Å²) in [4.78, 5) is 2.67. The number of ether oxygens (including phenoxy) is 2. The van der Waals surface area contributed by atoms with Crippen molar-refractivity contribution in [2.45, 2.75) is 58.0 Å². The van der Waals surface area contributed by atoms with Crippen molar-refractivity contribution in [1.82, 2.24) is 4.90 Å². The van der Waals surface area contributed by atoms with Crippen molar-refractivity contribution in [3.05, 3.63) is 12.2 Å². The summed E-state index contributed by atoms with van der Waals surface area (Å²) in [5.74, 6) is 2.07. The zero-order valence-corrected chi connectivity index (χ0v) is 14.8. The third-order valence-electron chi connectivity index (χ3n) is 7.48. The molecule has 23 heavy (non-hydrogen) atoms. The Bertz CT molecular complexity index is 445. The highest BCUT2D eigenvalue weighted by Crippen LogP contribution is 2.58. The Morgan fingerprint density at radius 2 is 2.09 bits per heavy atom. The van der Waals surface area contributed by atoms with E-state index in [1.165, 1.54) is 70.2 Å². The second-order valence-electron chi connectivity index (χ2n) is 8.60. The molecule has 5 atom stereocenters. The quantitative estimate of drug-likeness (QED) is 0.738. The van der Waals surface area contributed by atoms with Crippen molar-refractivity contribution in [2.24, 2.45) is 23.2 Å². The first kappa shape index (κ1) is 16.1. The minimum absolute atomic E-state index is 0.417. The SMILES string of the molecule is C=C1CCC2C3COCOC3CCC2(C)C1CCN1CCCC1. The molecule has 2 saturated heterocycles. The maximum atomic E-state index is 5.93. The van der Waals surface area contributed by atoms with Gasteiger partial charge in [0.25, 0.3) is 0 Å². The van der Waals surface area contributed by atoms with Gasteiger partial charge in [-0.2, -0.15) is 0 Å². The monoisotopic (exact) mass is 319 g/mol. The first-order valence-electron chi connectivity index (χ1n) is 9.78. The molecule has 5 unspecified atom stereocenters. The van der Waals surface area contributed by atoms with Crippen LogP contribution in [0.2, 0.25) is 0 Å². The topological polar surface area (TPSA) is 21.7 Å². The van der Waals surface area contributed by atoms with Crippen LogP contribution in [0.4, 0.5) is 0 Å². The Morgan fingerprint density at radius 3 is 2.91 bits per heavy atom. The normalized spacial score (nSPS) is 44.8. The molecule has 0 N–H and O–H groups in total. The van der Waals surface area contributed by atoms with E-state index in [1.807, 2.05) is 0 Å². The summed E-state index contributed by atoms with van der Waals surface area (Å²) in [6.07, 6.45) is 9.58. The predicted molar refractivity (Wildman–Crippen MR) is 92.2 cm³/mol. The molecular weight excluding hydrogens is 286 g/mol. The van der Waals surface area contributed by atoms with Crippen molar-refractivity contribution in [3.63, 3.8) is 0 Å². The van der Waals surface area contributed by atoms with Crippen LogP contribution in [0.3, 0.4) is 0 Å². The predicted octanol–water partition coefficient (Wildman–Crippen LogP) is 3.84. The Morgan fingerprint density at radius 1 is 1.26 bits per heavy atom. The van der Waals surface area contributed by atoms with Crippen molar-refractivity contribution in [3.8, 4) is 0 Å². The Balaban J connectivity index is 1.49. The number of rotatable bonds is 3. The van der Waals surface area contributed by atoms with Gasteiger partial charge in [-0.25, -0.2) is 0 Å². The van der Waals surface area contributed by atoms with Crippen LogP contribution in [0.1, 0.15) is 51.9 Å². The van der Waals surface area contributed by atoms with E-state index in [4.69, 9.17) is 9.47 Å². The Labute approximate surface area is 141 Å². The van der Waals surface area contributed by atoms with E-state index in [-0.39, 0.29) is 0 Å². The van der Waals surface area contributed by atoms with Gasteiger partial charge in [-0.3, -0.25) is 0 Å². The summed E-state index contributed by atoms with van der Waals surface area (Å²) < 4.78 is 11.6. The lowest BCUT2D eigenvalue weighted by Crippen LogP contribution is -2.54. The van der Waals surface area contributed by atoms with E-state index in [9.17, 15) is 0 Å². The summed E-state index contributed by atoms with van der Waals surface area (Å²) in [6.45, 7) is 12.4. The number of fused-ring (bicyclic) bond motifs is 3. The molecule has 2 aliphatic heterocycles. The van der Waals surface area contributed by atoms with E-state index in [0.717, 1.165) is 12.5 Å². The van der Waals surface area contributed by atoms with Gasteiger partial charge in [0.1, 0.15) is 6.79 Å². The van der Waals surface area contributed by atoms with Gasteiger partial charge in [0, 0.05) is 5.92 Å². The largest absolute Gasteiger partial charge is 0.355 e. The zero-order valence-electron chi connectivity index (χ0n) is 14.8. The lowest BCUT2D eigenvalue weighted by Gasteiger charge is -2.57. The molecule has 0 amide bonds. The zero-order chi connectivity index (χ0) is 15.9. The fraction of sp³-hybridized carbons (Fsp3) is 0.900. The molecule has 0 aromatic heterocycles. The number of hydrogen-bond acceptors (Lipinski definition) is 3. The number of nitrogens with zero attached hydrogens (tertiary/aromatic N) is 1. The van der Waals surface area contributed by atoms with Crippen LogP contribution >= 0.6 is 0 Å². The minimum atomic E-state index is 0.417. The molecule has 3 nitrogen and oxygen atoms in total. The standard InChI is InChI=1S/C20H33NO2/c1-15-5-6-18-16-13-22-14-23-19(16)7-9-20(18,2)17(15)8-12-21-10-3-4-11-21/h16-19H,1,3-14H2,2H3. The average molecular weight is 319 g/mol. The fourth-order valence-electron chi connectivity index (χ4n) is 6.16. The lowest BCUT2D eigenvalue weighted by atomic mass is 9.50. The lowest BCUT2D eigenvalue weighted by molar-refractivity contribution is -0.218. The van der Waals surface area contributed by atoms with Gasteiger partial charge in [-0.05, 0) is 81.8 Å². The molecule has 4 rings (SSSR count). The van der Waals surface area contributed by atoms with Gasteiger partial charge < -0.3 is 14.4 Å². The molecule has 4 fully saturated rings.